The summed E-state index contributed by atoms with van der Waals surface area (Å²) >= 11 is 0. The highest BCUT2D eigenvalue weighted by atomic mass is 16.6. The maximum absolute atomic E-state index is 11.5. The van der Waals surface area contributed by atoms with E-state index in [1.807, 2.05) is 0 Å². The number of esters is 1. The van der Waals surface area contributed by atoms with Crippen LogP contribution in [0.4, 0.5) is 0 Å². The van der Waals surface area contributed by atoms with Crippen LogP contribution in [0.2, 0.25) is 0 Å². The fraction of sp³-hybridized carbons (Fsp3) is 0.938. The van der Waals surface area contributed by atoms with Crippen molar-refractivity contribution in [3.63, 3.8) is 0 Å². The molecule has 0 aromatic heterocycles. The lowest BCUT2D eigenvalue weighted by Crippen LogP contribution is -2.24. The molecule has 0 rings (SSSR count). The van der Waals surface area contributed by atoms with E-state index in [2.05, 4.69) is 6.92 Å². The van der Waals surface area contributed by atoms with Gasteiger partial charge in [0.05, 0.1) is 6.61 Å². The van der Waals surface area contributed by atoms with E-state index in [0.717, 1.165) is 6.42 Å². The van der Waals surface area contributed by atoms with Crippen LogP contribution in [0.1, 0.15) is 71.6 Å². The van der Waals surface area contributed by atoms with Gasteiger partial charge in [-0.05, 0) is 13.3 Å². The summed E-state index contributed by atoms with van der Waals surface area (Å²) in [5.41, 5.74) is 0. The van der Waals surface area contributed by atoms with Gasteiger partial charge in [-0.2, -0.15) is 0 Å². The second-order valence-electron chi connectivity index (χ2n) is 5.23. The fourth-order valence-electron chi connectivity index (χ4n) is 1.92. The Morgan fingerprint density at radius 2 is 1.55 bits per heavy atom. The van der Waals surface area contributed by atoms with Crippen molar-refractivity contribution in [1.82, 2.24) is 0 Å². The molecule has 0 aliphatic heterocycles. The molecular formula is C16H32O4. The normalized spacial score (nSPS) is 12.3. The summed E-state index contributed by atoms with van der Waals surface area (Å²) in [5, 5.41) is 8.59. The molecule has 0 saturated heterocycles. The average molecular weight is 288 g/mol. The Bertz CT molecular complexity index is 219. The van der Waals surface area contributed by atoms with Gasteiger partial charge in [-0.1, -0.05) is 51.9 Å². The van der Waals surface area contributed by atoms with Crippen LogP contribution in [0.15, 0.2) is 0 Å². The Balaban J connectivity index is 3.30. The third kappa shape index (κ3) is 12.4. The van der Waals surface area contributed by atoms with Gasteiger partial charge < -0.3 is 14.6 Å². The Morgan fingerprint density at radius 3 is 2.15 bits per heavy atom. The van der Waals surface area contributed by atoms with Crippen LogP contribution < -0.4 is 0 Å². The number of hydrogen-bond acceptors (Lipinski definition) is 4. The Kier molecular flexibility index (Phi) is 14.3. The number of carbonyl (C=O) groups is 1. The Hall–Kier alpha value is -0.610. The maximum atomic E-state index is 11.5. The highest BCUT2D eigenvalue weighted by Gasteiger charge is 2.14. The fourth-order valence-corrected chi connectivity index (χ4v) is 1.92. The minimum absolute atomic E-state index is 0.0424. The van der Waals surface area contributed by atoms with Gasteiger partial charge in [0.15, 0.2) is 6.10 Å². The second-order valence-corrected chi connectivity index (χ2v) is 5.23. The monoisotopic (exact) mass is 288 g/mol. The molecule has 1 N–H and O–H groups in total. The van der Waals surface area contributed by atoms with Gasteiger partial charge in [0.1, 0.15) is 0 Å². The van der Waals surface area contributed by atoms with Crippen molar-refractivity contribution in [3.8, 4) is 0 Å². The molecule has 4 nitrogen and oxygen atoms in total. The summed E-state index contributed by atoms with van der Waals surface area (Å²) in [4.78, 5) is 11.5. The molecule has 1 atom stereocenters. The molecule has 0 radical (unpaired) electrons. The zero-order valence-corrected chi connectivity index (χ0v) is 13.2. The van der Waals surface area contributed by atoms with Crippen LogP contribution in [0, 0.1) is 0 Å². The number of hydrogen-bond donors (Lipinski definition) is 1. The summed E-state index contributed by atoms with van der Waals surface area (Å²) in [6.07, 6.45) is 10.0. The van der Waals surface area contributed by atoms with Crippen molar-refractivity contribution in [2.75, 3.05) is 19.8 Å². The molecule has 0 aromatic carbocycles. The van der Waals surface area contributed by atoms with Crippen LogP contribution >= 0.6 is 0 Å². The van der Waals surface area contributed by atoms with Gasteiger partial charge in [0, 0.05) is 19.6 Å². The van der Waals surface area contributed by atoms with Gasteiger partial charge in [-0.25, -0.2) is 4.79 Å². The molecule has 20 heavy (non-hydrogen) atoms. The molecule has 0 saturated carbocycles. The van der Waals surface area contributed by atoms with Crippen molar-refractivity contribution in [1.29, 1.82) is 0 Å². The van der Waals surface area contributed by atoms with Gasteiger partial charge >= 0.3 is 5.97 Å². The maximum Gasteiger partial charge on any atom is 0.334 e. The van der Waals surface area contributed by atoms with Gasteiger partial charge in [-0.3, -0.25) is 0 Å². The average Bonchev–Trinajstić information content (AvgIpc) is 2.45. The minimum atomic E-state index is -0.502. The van der Waals surface area contributed by atoms with Crippen LogP contribution in [0.25, 0.3) is 0 Å². The van der Waals surface area contributed by atoms with E-state index in [1.165, 1.54) is 44.9 Å². The predicted octanol–water partition coefficient (Wildman–Crippen LogP) is 3.46. The summed E-state index contributed by atoms with van der Waals surface area (Å²) in [6, 6.07) is 0. The number of ether oxygens (including phenoxy) is 2. The van der Waals surface area contributed by atoms with E-state index in [-0.39, 0.29) is 19.2 Å². The summed E-state index contributed by atoms with van der Waals surface area (Å²) in [5.74, 6) is -0.335. The summed E-state index contributed by atoms with van der Waals surface area (Å²) in [7, 11) is 0. The molecule has 0 spiro atoms. The van der Waals surface area contributed by atoms with Crippen molar-refractivity contribution in [2.45, 2.75) is 77.7 Å². The SMILES string of the molecule is CCCCCCCCCCOC(C)C(=O)OCCCO. The first-order valence-corrected chi connectivity index (χ1v) is 8.11. The van der Waals surface area contributed by atoms with Crippen molar-refractivity contribution >= 4 is 5.97 Å². The highest BCUT2D eigenvalue weighted by Crippen LogP contribution is 2.08. The molecule has 0 fully saturated rings. The van der Waals surface area contributed by atoms with Crippen LogP contribution in [0.3, 0.4) is 0 Å². The molecule has 1 unspecified atom stereocenters. The number of aliphatic hydroxyl groups excluding tert-OH is 1. The van der Waals surface area contributed by atoms with Crippen LogP contribution in [-0.4, -0.2) is 37.0 Å². The number of aliphatic hydroxyl groups is 1. The molecule has 0 aliphatic rings. The summed E-state index contributed by atoms with van der Waals surface area (Å²) in [6.45, 7) is 4.87. The van der Waals surface area contributed by atoms with Crippen LogP contribution in [0.5, 0.6) is 0 Å². The van der Waals surface area contributed by atoms with E-state index in [9.17, 15) is 4.79 Å². The van der Waals surface area contributed by atoms with Gasteiger partial charge in [0.25, 0.3) is 0 Å². The molecular weight excluding hydrogens is 256 g/mol. The lowest BCUT2D eigenvalue weighted by Gasteiger charge is -2.12. The third-order valence-corrected chi connectivity index (χ3v) is 3.24. The number of carbonyl (C=O) groups excluding carboxylic acids is 1. The lowest BCUT2D eigenvalue weighted by molar-refractivity contribution is -0.156. The predicted molar refractivity (Wildman–Crippen MR) is 80.7 cm³/mol. The van der Waals surface area contributed by atoms with Gasteiger partial charge in [0.2, 0.25) is 0 Å². The topological polar surface area (TPSA) is 55.8 Å². The zero-order valence-electron chi connectivity index (χ0n) is 13.2. The van der Waals surface area contributed by atoms with Crippen molar-refractivity contribution < 1.29 is 19.4 Å². The third-order valence-electron chi connectivity index (χ3n) is 3.24. The molecule has 120 valence electrons. The molecule has 0 bridgehead atoms. The van der Waals surface area contributed by atoms with E-state index in [1.54, 1.807) is 6.92 Å². The zero-order chi connectivity index (χ0) is 15.1. The lowest BCUT2D eigenvalue weighted by atomic mass is 10.1. The first-order valence-electron chi connectivity index (χ1n) is 8.11. The smallest absolute Gasteiger partial charge is 0.334 e. The van der Waals surface area contributed by atoms with Crippen molar-refractivity contribution in [3.05, 3.63) is 0 Å². The standard InChI is InChI=1S/C16H32O4/c1-3-4-5-6-7-8-9-10-13-19-15(2)16(18)20-14-11-12-17/h15,17H,3-14H2,1-2H3. The quantitative estimate of drug-likeness (QED) is 0.393. The Labute approximate surface area is 123 Å². The Morgan fingerprint density at radius 1 is 0.950 bits per heavy atom. The van der Waals surface area contributed by atoms with Crippen molar-refractivity contribution in [2.24, 2.45) is 0 Å². The van der Waals surface area contributed by atoms with E-state index in [4.69, 9.17) is 14.6 Å². The van der Waals surface area contributed by atoms with Crippen LogP contribution in [-0.2, 0) is 14.3 Å². The number of unbranched alkanes of at least 4 members (excludes halogenated alkanes) is 7. The first-order chi connectivity index (χ1) is 9.72. The molecule has 0 heterocycles. The number of rotatable bonds is 14. The molecule has 4 heteroatoms. The largest absolute Gasteiger partial charge is 0.464 e. The second kappa shape index (κ2) is 14.8. The minimum Gasteiger partial charge on any atom is -0.464 e. The van der Waals surface area contributed by atoms with E-state index in [0.29, 0.717) is 13.0 Å². The summed E-state index contributed by atoms with van der Waals surface area (Å²) < 4.78 is 10.4. The highest BCUT2D eigenvalue weighted by molar-refractivity contribution is 5.74. The van der Waals surface area contributed by atoms with E-state index >= 15 is 0 Å². The molecule has 0 aromatic rings. The molecule has 0 amide bonds. The van der Waals surface area contributed by atoms with E-state index < -0.39 is 6.10 Å². The molecule has 0 aliphatic carbocycles. The van der Waals surface area contributed by atoms with Gasteiger partial charge in [-0.15, -0.1) is 0 Å². The first kappa shape index (κ1) is 19.4.